The van der Waals surface area contributed by atoms with Gasteiger partial charge >= 0.3 is 0 Å². The highest BCUT2D eigenvalue weighted by molar-refractivity contribution is 6.36. The zero-order valence-electron chi connectivity index (χ0n) is 6.72. The van der Waals surface area contributed by atoms with Crippen molar-refractivity contribution in [1.82, 2.24) is 20.4 Å². The molecule has 7 heteroatoms. The zero-order valence-corrected chi connectivity index (χ0v) is 8.24. The number of halogens is 2. The lowest BCUT2D eigenvalue weighted by atomic mass is 10.2. The first-order valence-electron chi connectivity index (χ1n) is 3.61. The molecule has 0 aliphatic rings. The Hall–Kier alpha value is -1.33. The van der Waals surface area contributed by atoms with Crippen molar-refractivity contribution in [2.75, 3.05) is 0 Å². The maximum Gasteiger partial charge on any atom is 0.223 e. The molecule has 0 radical (unpaired) electrons. The summed E-state index contributed by atoms with van der Waals surface area (Å²) in [7, 11) is 0. The molecular formula is C7H4Cl2N4O. The highest BCUT2D eigenvalue weighted by Gasteiger charge is 2.11. The van der Waals surface area contributed by atoms with Crippen molar-refractivity contribution >= 4 is 23.2 Å². The van der Waals surface area contributed by atoms with Gasteiger partial charge in [-0.1, -0.05) is 28.0 Å². The Balaban J connectivity index is 2.58. The SMILES string of the molecule is On1nnnc1-c1ccc(Cl)cc1Cl. The van der Waals surface area contributed by atoms with Crippen LogP contribution in [0.15, 0.2) is 18.2 Å². The van der Waals surface area contributed by atoms with Gasteiger partial charge in [-0.2, -0.15) is 0 Å². The Bertz CT molecular complexity index is 470. The number of hydrogen-bond donors (Lipinski definition) is 1. The van der Waals surface area contributed by atoms with Gasteiger partial charge in [0, 0.05) is 10.6 Å². The first kappa shape index (κ1) is 9.23. The molecule has 72 valence electrons. The summed E-state index contributed by atoms with van der Waals surface area (Å²) in [6, 6.07) is 4.81. The minimum Gasteiger partial charge on any atom is -0.409 e. The van der Waals surface area contributed by atoms with Crippen molar-refractivity contribution in [3.63, 3.8) is 0 Å². The minimum atomic E-state index is 0.173. The molecule has 0 aliphatic carbocycles. The van der Waals surface area contributed by atoms with E-state index in [-0.39, 0.29) is 5.82 Å². The number of nitrogens with zero attached hydrogens (tertiary/aromatic N) is 4. The highest BCUT2D eigenvalue weighted by Crippen LogP contribution is 2.27. The fourth-order valence-corrected chi connectivity index (χ4v) is 1.51. The average Bonchev–Trinajstić information content (AvgIpc) is 2.52. The van der Waals surface area contributed by atoms with Crippen LogP contribution in [-0.2, 0) is 0 Å². The molecule has 1 heterocycles. The molecule has 1 aromatic carbocycles. The molecule has 0 fully saturated rings. The molecule has 5 nitrogen and oxygen atoms in total. The molecule has 14 heavy (non-hydrogen) atoms. The minimum absolute atomic E-state index is 0.173. The fourth-order valence-electron chi connectivity index (χ4n) is 1.02. The second kappa shape index (κ2) is 3.43. The summed E-state index contributed by atoms with van der Waals surface area (Å²) in [5, 5.41) is 20.2. The van der Waals surface area contributed by atoms with Crippen LogP contribution >= 0.6 is 23.2 Å². The molecule has 0 saturated heterocycles. The van der Waals surface area contributed by atoms with E-state index in [0.29, 0.717) is 20.5 Å². The van der Waals surface area contributed by atoms with E-state index in [1.165, 1.54) is 0 Å². The van der Waals surface area contributed by atoms with Crippen LogP contribution in [0.4, 0.5) is 0 Å². The van der Waals surface area contributed by atoms with E-state index in [9.17, 15) is 5.21 Å². The molecule has 2 aromatic rings. The lowest BCUT2D eigenvalue weighted by molar-refractivity contribution is 0.147. The summed E-state index contributed by atoms with van der Waals surface area (Å²) in [6.45, 7) is 0. The summed E-state index contributed by atoms with van der Waals surface area (Å²) in [5.41, 5.74) is 0.517. The van der Waals surface area contributed by atoms with E-state index in [1.54, 1.807) is 18.2 Å². The predicted octanol–water partition coefficient (Wildman–Crippen LogP) is 1.88. The molecular weight excluding hydrogens is 227 g/mol. The number of rotatable bonds is 1. The maximum atomic E-state index is 9.19. The third kappa shape index (κ3) is 1.51. The smallest absolute Gasteiger partial charge is 0.223 e. The maximum absolute atomic E-state index is 9.19. The van der Waals surface area contributed by atoms with Gasteiger partial charge in [-0.05, 0) is 28.6 Å². The van der Waals surface area contributed by atoms with Crippen molar-refractivity contribution in [2.24, 2.45) is 0 Å². The van der Waals surface area contributed by atoms with Gasteiger partial charge in [0.1, 0.15) is 0 Å². The van der Waals surface area contributed by atoms with Crippen LogP contribution in [0.3, 0.4) is 0 Å². The van der Waals surface area contributed by atoms with Gasteiger partial charge < -0.3 is 5.21 Å². The number of benzene rings is 1. The number of hydrogen-bond acceptors (Lipinski definition) is 4. The topological polar surface area (TPSA) is 63.8 Å². The third-order valence-corrected chi connectivity index (χ3v) is 2.17. The summed E-state index contributed by atoms with van der Waals surface area (Å²) in [5.74, 6) is 0.173. The van der Waals surface area contributed by atoms with E-state index in [2.05, 4.69) is 15.5 Å². The molecule has 0 unspecified atom stereocenters. The van der Waals surface area contributed by atoms with E-state index >= 15 is 0 Å². The molecule has 1 N–H and O–H groups in total. The summed E-state index contributed by atoms with van der Waals surface area (Å²) in [6.07, 6.45) is 0. The normalized spacial score (nSPS) is 10.4. The Morgan fingerprint density at radius 2 is 2.07 bits per heavy atom. The van der Waals surface area contributed by atoms with Gasteiger partial charge in [0.15, 0.2) is 0 Å². The van der Waals surface area contributed by atoms with Crippen molar-refractivity contribution in [1.29, 1.82) is 0 Å². The predicted molar refractivity (Wildman–Crippen MR) is 50.5 cm³/mol. The second-order valence-electron chi connectivity index (χ2n) is 2.52. The molecule has 0 amide bonds. The van der Waals surface area contributed by atoms with Crippen LogP contribution in [0.2, 0.25) is 10.0 Å². The second-order valence-corrected chi connectivity index (χ2v) is 3.36. The monoisotopic (exact) mass is 230 g/mol. The Kier molecular flexibility index (Phi) is 2.26. The Labute approximate surface area is 88.8 Å². The van der Waals surface area contributed by atoms with E-state index < -0.39 is 0 Å². The molecule has 0 spiro atoms. The van der Waals surface area contributed by atoms with Gasteiger partial charge in [0.25, 0.3) is 0 Å². The van der Waals surface area contributed by atoms with Crippen LogP contribution in [0.5, 0.6) is 0 Å². The molecule has 0 aliphatic heterocycles. The van der Waals surface area contributed by atoms with E-state index in [4.69, 9.17) is 23.2 Å². The van der Waals surface area contributed by atoms with Gasteiger partial charge in [-0.3, -0.25) is 0 Å². The van der Waals surface area contributed by atoms with Crippen molar-refractivity contribution in [3.05, 3.63) is 28.2 Å². The molecule has 0 bridgehead atoms. The lowest BCUT2D eigenvalue weighted by Gasteiger charge is -2.00. The van der Waals surface area contributed by atoms with E-state index in [0.717, 1.165) is 0 Å². The van der Waals surface area contributed by atoms with Gasteiger partial charge in [-0.25, -0.2) is 0 Å². The van der Waals surface area contributed by atoms with Crippen LogP contribution in [0, 0.1) is 0 Å². The van der Waals surface area contributed by atoms with Crippen LogP contribution in [0.25, 0.3) is 11.4 Å². The van der Waals surface area contributed by atoms with Crippen LogP contribution in [-0.4, -0.2) is 25.6 Å². The van der Waals surface area contributed by atoms with Crippen LogP contribution in [0.1, 0.15) is 0 Å². The van der Waals surface area contributed by atoms with E-state index in [1.807, 2.05) is 0 Å². The van der Waals surface area contributed by atoms with Crippen molar-refractivity contribution < 1.29 is 5.21 Å². The Morgan fingerprint density at radius 3 is 2.64 bits per heavy atom. The van der Waals surface area contributed by atoms with Crippen molar-refractivity contribution in [3.8, 4) is 11.4 Å². The summed E-state index contributed by atoms with van der Waals surface area (Å²) < 4.78 is 0. The number of tetrazole rings is 1. The van der Waals surface area contributed by atoms with Gasteiger partial charge in [0.05, 0.1) is 5.02 Å². The largest absolute Gasteiger partial charge is 0.409 e. The number of aromatic nitrogens is 4. The molecule has 0 saturated carbocycles. The third-order valence-electron chi connectivity index (χ3n) is 1.63. The molecule has 1 aromatic heterocycles. The summed E-state index contributed by atoms with van der Waals surface area (Å²) >= 11 is 11.6. The van der Waals surface area contributed by atoms with Gasteiger partial charge in [-0.15, -0.1) is 5.10 Å². The van der Waals surface area contributed by atoms with Crippen molar-refractivity contribution in [2.45, 2.75) is 0 Å². The zero-order chi connectivity index (χ0) is 10.1. The standard InChI is InChI=1S/C7H4Cl2N4O/c8-4-1-2-5(6(9)3-4)7-10-11-12-13(7)14/h1-3,14H. The highest BCUT2D eigenvalue weighted by atomic mass is 35.5. The van der Waals surface area contributed by atoms with Gasteiger partial charge in [0.2, 0.25) is 5.82 Å². The Morgan fingerprint density at radius 1 is 1.29 bits per heavy atom. The summed E-state index contributed by atoms with van der Waals surface area (Å²) in [4.78, 5) is 0.551. The van der Waals surface area contributed by atoms with Crippen LogP contribution < -0.4 is 0 Å². The first-order valence-corrected chi connectivity index (χ1v) is 4.37. The fraction of sp³-hybridized carbons (Fsp3) is 0. The first-order chi connectivity index (χ1) is 6.68. The molecule has 2 rings (SSSR count). The quantitative estimate of drug-likeness (QED) is 0.761. The molecule has 0 atom stereocenters. The lowest BCUT2D eigenvalue weighted by Crippen LogP contribution is -1.96. The average molecular weight is 231 g/mol.